The summed E-state index contributed by atoms with van der Waals surface area (Å²) in [7, 11) is 1.99. The number of nitrogens with zero attached hydrogens (tertiary/aromatic N) is 3. The second kappa shape index (κ2) is 6.38. The van der Waals surface area contributed by atoms with Gasteiger partial charge in [-0.3, -0.25) is 4.98 Å². The molecular formula is C15H20N4. The van der Waals surface area contributed by atoms with Gasteiger partial charge in [-0.05, 0) is 56.1 Å². The van der Waals surface area contributed by atoms with Gasteiger partial charge in [-0.15, -0.1) is 0 Å². The van der Waals surface area contributed by atoms with Crippen LogP contribution < -0.4 is 5.32 Å². The lowest BCUT2D eigenvalue weighted by molar-refractivity contribution is 0.578. The Balaban J connectivity index is 2.29. The highest BCUT2D eigenvalue weighted by Crippen LogP contribution is 2.21. The summed E-state index contributed by atoms with van der Waals surface area (Å²) in [6, 6.07) is 6.50. The van der Waals surface area contributed by atoms with Crippen molar-refractivity contribution in [2.24, 2.45) is 0 Å². The number of hydrogen-bond donors (Lipinski definition) is 1. The molecule has 0 bridgehead atoms. The molecule has 19 heavy (non-hydrogen) atoms. The maximum absolute atomic E-state index is 4.30. The van der Waals surface area contributed by atoms with E-state index in [0.717, 1.165) is 24.2 Å². The van der Waals surface area contributed by atoms with Gasteiger partial charge in [0.25, 0.3) is 0 Å². The second-order valence-corrected chi connectivity index (χ2v) is 4.64. The van der Waals surface area contributed by atoms with Crippen LogP contribution in [0, 0.1) is 6.92 Å². The van der Waals surface area contributed by atoms with Crippen molar-refractivity contribution in [2.45, 2.75) is 32.7 Å². The van der Waals surface area contributed by atoms with Crippen molar-refractivity contribution in [3.8, 4) is 0 Å². The minimum absolute atomic E-state index is 0.256. The summed E-state index contributed by atoms with van der Waals surface area (Å²) in [6.45, 7) is 4.09. The van der Waals surface area contributed by atoms with E-state index in [9.17, 15) is 0 Å². The summed E-state index contributed by atoms with van der Waals surface area (Å²) in [4.78, 5) is 4.06. The third-order valence-corrected chi connectivity index (χ3v) is 3.27. The molecule has 100 valence electrons. The number of rotatable bonds is 5. The van der Waals surface area contributed by atoms with Crippen LogP contribution in [0.5, 0.6) is 0 Å². The molecule has 0 aliphatic heterocycles. The summed E-state index contributed by atoms with van der Waals surface area (Å²) >= 11 is 0. The van der Waals surface area contributed by atoms with E-state index in [0.29, 0.717) is 0 Å². The van der Waals surface area contributed by atoms with Crippen LogP contribution in [0.3, 0.4) is 0 Å². The van der Waals surface area contributed by atoms with E-state index >= 15 is 0 Å². The number of aryl methyl sites for hydroxylation is 2. The first-order valence-corrected chi connectivity index (χ1v) is 6.63. The first-order valence-electron chi connectivity index (χ1n) is 6.63. The highest BCUT2D eigenvalue weighted by molar-refractivity contribution is 5.27. The fraction of sp³-hybridized carbons (Fsp3) is 0.400. The van der Waals surface area contributed by atoms with Crippen molar-refractivity contribution in [1.29, 1.82) is 0 Å². The molecule has 0 spiro atoms. The molecule has 2 aromatic heterocycles. The van der Waals surface area contributed by atoms with Crippen molar-refractivity contribution >= 4 is 0 Å². The molecule has 0 aromatic carbocycles. The molecule has 2 aromatic rings. The van der Waals surface area contributed by atoms with Gasteiger partial charge in [-0.2, -0.15) is 10.2 Å². The monoisotopic (exact) mass is 256 g/mol. The third-order valence-electron chi connectivity index (χ3n) is 3.27. The predicted octanol–water partition coefficient (Wildman–Crippen LogP) is 2.25. The highest BCUT2D eigenvalue weighted by Gasteiger charge is 2.15. The molecule has 2 rings (SSSR count). The maximum Gasteiger partial charge on any atom is 0.0676 e. The smallest absolute Gasteiger partial charge is 0.0676 e. The van der Waals surface area contributed by atoms with Crippen LogP contribution in [0.2, 0.25) is 0 Å². The topological polar surface area (TPSA) is 50.7 Å². The molecule has 0 radical (unpaired) electrons. The number of hydrogen-bond acceptors (Lipinski definition) is 4. The summed E-state index contributed by atoms with van der Waals surface area (Å²) in [5.41, 5.74) is 4.54. The average Bonchev–Trinajstić information content (AvgIpc) is 2.46. The number of likely N-dealkylation sites (N-methyl/N-ethyl adjacent to an activating group) is 1. The number of pyridine rings is 1. The normalized spacial score (nSPS) is 12.4. The van der Waals surface area contributed by atoms with Crippen LogP contribution >= 0.6 is 0 Å². The molecule has 2 heterocycles. The summed E-state index contributed by atoms with van der Waals surface area (Å²) in [5.74, 6) is 0. The Morgan fingerprint density at radius 3 is 2.58 bits per heavy atom. The minimum atomic E-state index is 0.256. The van der Waals surface area contributed by atoms with Crippen molar-refractivity contribution in [2.75, 3.05) is 7.05 Å². The quantitative estimate of drug-likeness (QED) is 0.891. The zero-order valence-corrected chi connectivity index (χ0v) is 11.7. The molecule has 0 amide bonds. The molecule has 0 saturated heterocycles. The zero-order valence-electron chi connectivity index (χ0n) is 11.7. The van der Waals surface area contributed by atoms with Gasteiger partial charge in [0.15, 0.2) is 0 Å². The molecule has 1 unspecified atom stereocenters. The van der Waals surface area contributed by atoms with Gasteiger partial charge >= 0.3 is 0 Å². The van der Waals surface area contributed by atoms with E-state index in [-0.39, 0.29) is 6.04 Å². The van der Waals surface area contributed by atoms with Crippen molar-refractivity contribution in [3.05, 3.63) is 53.1 Å². The molecular weight excluding hydrogens is 236 g/mol. The number of nitrogens with one attached hydrogen (secondary N) is 1. The largest absolute Gasteiger partial charge is 0.313 e. The lowest BCUT2D eigenvalue weighted by atomic mass is 9.97. The second-order valence-electron chi connectivity index (χ2n) is 4.64. The van der Waals surface area contributed by atoms with Crippen LogP contribution in [0.4, 0.5) is 0 Å². The van der Waals surface area contributed by atoms with E-state index < -0.39 is 0 Å². The van der Waals surface area contributed by atoms with Crippen LogP contribution in [-0.4, -0.2) is 22.2 Å². The molecule has 4 nitrogen and oxygen atoms in total. The Morgan fingerprint density at radius 1 is 1.21 bits per heavy atom. The van der Waals surface area contributed by atoms with Crippen molar-refractivity contribution in [1.82, 2.24) is 20.5 Å². The predicted molar refractivity (Wildman–Crippen MR) is 75.9 cm³/mol. The van der Waals surface area contributed by atoms with Gasteiger partial charge in [0, 0.05) is 18.4 Å². The Hall–Kier alpha value is -1.81. The molecule has 0 fully saturated rings. The van der Waals surface area contributed by atoms with Crippen LogP contribution in [0.15, 0.2) is 30.6 Å². The first kappa shape index (κ1) is 13.6. The fourth-order valence-electron chi connectivity index (χ4n) is 2.23. The highest BCUT2D eigenvalue weighted by atomic mass is 15.1. The van der Waals surface area contributed by atoms with Gasteiger partial charge in [0.05, 0.1) is 11.4 Å². The summed E-state index contributed by atoms with van der Waals surface area (Å²) < 4.78 is 0. The first-order chi connectivity index (χ1) is 9.24. The van der Waals surface area contributed by atoms with Crippen molar-refractivity contribution < 1.29 is 0 Å². The SMILES string of the molecule is CCc1nnc(C)cc1C(Cc1ccncc1)NC. The van der Waals surface area contributed by atoms with Crippen LogP contribution in [-0.2, 0) is 12.8 Å². The Kier molecular flexibility index (Phi) is 4.58. The van der Waals surface area contributed by atoms with Gasteiger partial charge < -0.3 is 5.32 Å². The average molecular weight is 256 g/mol. The standard InChI is InChI=1S/C15H20N4/c1-4-14-13(9-11(2)18-19-14)15(16-3)10-12-5-7-17-8-6-12/h5-9,15-16H,4,10H2,1-3H3. The molecule has 0 aliphatic carbocycles. The summed E-state index contributed by atoms with van der Waals surface area (Å²) in [5, 5.41) is 11.8. The minimum Gasteiger partial charge on any atom is -0.313 e. The van der Waals surface area contributed by atoms with E-state index in [2.05, 4.69) is 45.6 Å². The molecule has 1 N–H and O–H groups in total. The van der Waals surface area contributed by atoms with E-state index in [1.54, 1.807) is 0 Å². The summed E-state index contributed by atoms with van der Waals surface area (Å²) in [6.07, 6.45) is 5.49. The Labute approximate surface area is 114 Å². The molecule has 4 heteroatoms. The Morgan fingerprint density at radius 2 is 1.95 bits per heavy atom. The van der Waals surface area contributed by atoms with Crippen LogP contribution in [0.25, 0.3) is 0 Å². The van der Waals surface area contributed by atoms with Gasteiger partial charge in [-0.25, -0.2) is 0 Å². The van der Waals surface area contributed by atoms with Crippen LogP contribution in [0.1, 0.15) is 35.5 Å². The molecule has 0 aliphatic rings. The molecule has 0 saturated carbocycles. The number of aromatic nitrogens is 3. The molecule has 1 atom stereocenters. The third kappa shape index (κ3) is 3.35. The van der Waals surface area contributed by atoms with Gasteiger partial charge in [-0.1, -0.05) is 6.92 Å². The Bertz CT molecular complexity index is 525. The lowest BCUT2D eigenvalue weighted by Gasteiger charge is -2.19. The maximum atomic E-state index is 4.30. The van der Waals surface area contributed by atoms with E-state index in [1.807, 2.05) is 26.4 Å². The fourth-order valence-corrected chi connectivity index (χ4v) is 2.23. The van der Waals surface area contributed by atoms with Gasteiger partial charge in [0.2, 0.25) is 0 Å². The lowest BCUT2D eigenvalue weighted by Crippen LogP contribution is -2.21. The van der Waals surface area contributed by atoms with E-state index in [1.165, 1.54) is 11.1 Å². The van der Waals surface area contributed by atoms with Crippen molar-refractivity contribution in [3.63, 3.8) is 0 Å². The zero-order chi connectivity index (χ0) is 13.7. The van der Waals surface area contributed by atoms with E-state index in [4.69, 9.17) is 0 Å². The van der Waals surface area contributed by atoms with Gasteiger partial charge in [0.1, 0.15) is 0 Å².